The van der Waals surface area contributed by atoms with Crippen molar-refractivity contribution in [1.82, 2.24) is 0 Å². The highest BCUT2D eigenvalue weighted by Crippen LogP contribution is 2.22. The number of ether oxygens (including phenoxy) is 1. The van der Waals surface area contributed by atoms with Gasteiger partial charge < -0.3 is 4.74 Å². The molecule has 1 rings (SSSR count). The molecule has 0 unspecified atom stereocenters. The van der Waals surface area contributed by atoms with Crippen molar-refractivity contribution in [2.24, 2.45) is 5.92 Å². The molecule has 6 heteroatoms. The minimum Gasteiger partial charge on any atom is -0.464 e. The van der Waals surface area contributed by atoms with Crippen LogP contribution in [0.4, 0.5) is 0 Å². The van der Waals surface area contributed by atoms with Gasteiger partial charge in [-0.25, -0.2) is 0 Å². The smallest absolute Gasteiger partial charge is 0.308 e. The zero-order valence-electron chi connectivity index (χ0n) is 12.1. The monoisotopic (exact) mass is 306 g/mol. The van der Waals surface area contributed by atoms with Crippen LogP contribution in [0.25, 0.3) is 0 Å². The summed E-state index contributed by atoms with van der Waals surface area (Å²) in [5, 5.41) is 0. The van der Waals surface area contributed by atoms with Crippen molar-refractivity contribution in [2.45, 2.75) is 64.2 Å². The van der Waals surface area contributed by atoms with Crippen molar-refractivity contribution in [3.63, 3.8) is 0 Å². The summed E-state index contributed by atoms with van der Waals surface area (Å²) >= 11 is 0. The van der Waals surface area contributed by atoms with Crippen LogP contribution in [0.5, 0.6) is 0 Å². The fraction of sp³-hybridized carbons (Fsp3) is 0.929. The van der Waals surface area contributed by atoms with Crippen molar-refractivity contribution in [1.29, 1.82) is 0 Å². The summed E-state index contributed by atoms with van der Waals surface area (Å²) in [5.74, 6) is -0.951. The molecule has 0 amide bonds. The molecular formula is C14H26O5S. The molecule has 0 bridgehead atoms. The Bertz CT molecular complexity index is 365. The van der Waals surface area contributed by atoms with Crippen molar-refractivity contribution in [3.8, 4) is 0 Å². The average molecular weight is 306 g/mol. The first-order chi connectivity index (χ1) is 9.49. The summed E-state index contributed by atoms with van der Waals surface area (Å²) in [6.07, 6.45) is 11.0. The SMILES string of the molecule is O=C(OCCS(=O)(=O)O)C1CCCCCCCCCC1. The highest BCUT2D eigenvalue weighted by Gasteiger charge is 2.20. The van der Waals surface area contributed by atoms with Gasteiger partial charge >= 0.3 is 5.97 Å². The molecule has 0 spiro atoms. The van der Waals surface area contributed by atoms with Gasteiger partial charge in [0.1, 0.15) is 12.4 Å². The summed E-state index contributed by atoms with van der Waals surface area (Å²) in [5.41, 5.74) is 0. The Balaban J connectivity index is 2.36. The molecule has 0 aliphatic heterocycles. The van der Waals surface area contributed by atoms with Crippen molar-refractivity contribution < 1.29 is 22.5 Å². The number of hydrogen-bond donors (Lipinski definition) is 1. The molecule has 1 saturated carbocycles. The van der Waals surface area contributed by atoms with Crippen molar-refractivity contribution in [3.05, 3.63) is 0 Å². The van der Waals surface area contributed by atoms with Gasteiger partial charge in [-0.05, 0) is 12.8 Å². The number of carbonyl (C=O) groups is 1. The van der Waals surface area contributed by atoms with Crippen molar-refractivity contribution in [2.75, 3.05) is 12.4 Å². The van der Waals surface area contributed by atoms with Crippen LogP contribution < -0.4 is 0 Å². The molecule has 0 radical (unpaired) electrons. The summed E-state index contributed by atoms with van der Waals surface area (Å²) in [6, 6.07) is 0. The van der Waals surface area contributed by atoms with Crippen LogP contribution in [-0.4, -0.2) is 31.3 Å². The van der Waals surface area contributed by atoms with Crippen LogP contribution in [0.15, 0.2) is 0 Å². The van der Waals surface area contributed by atoms with Crippen LogP contribution in [0.3, 0.4) is 0 Å². The van der Waals surface area contributed by atoms with Gasteiger partial charge in [0, 0.05) is 0 Å². The number of rotatable bonds is 4. The van der Waals surface area contributed by atoms with E-state index in [0.29, 0.717) is 0 Å². The van der Waals surface area contributed by atoms with Gasteiger partial charge in [-0.3, -0.25) is 9.35 Å². The number of hydrogen-bond acceptors (Lipinski definition) is 4. The van der Waals surface area contributed by atoms with E-state index < -0.39 is 15.9 Å². The minimum absolute atomic E-state index is 0.116. The highest BCUT2D eigenvalue weighted by molar-refractivity contribution is 7.85. The maximum absolute atomic E-state index is 11.9. The van der Waals surface area contributed by atoms with E-state index in [1.807, 2.05) is 0 Å². The molecule has 1 aliphatic rings. The first kappa shape index (κ1) is 17.4. The van der Waals surface area contributed by atoms with Crippen LogP contribution in [0.2, 0.25) is 0 Å². The topological polar surface area (TPSA) is 80.7 Å². The van der Waals surface area contributed by atoms with Gasteiger partial charge in [0.15, 0.2) is 0 Å². The lowest BCUT2D eigenvalue weighted by atomic mass is 9.95. The molecule has 1 fully saturated rings. The van der Waals surface area contributed by atoms with Gasteiger partial charge in [0.05, 0.1) is 5.92 Å². The van der Waals surface area contributed by atoms with E-state index in [9.17, 15) is 13.2 Å². The van der Waals surface area contributed by atoms with E-state index in [4.69, 9.17) is 9.29 Å². The zero-order chi connectivity index (χ0) is 14.8. The molecule has 0 atom stereocenters. The van der Waals surface area contributed by atoms with Crippen LogP contribution in [0, 0.1) is 5.92 Å². The Morgan fingerprint density at radius 3 is 1.85 bits per heavy atom. The molecule has 1 N–H and O–H groups in total. The first-order valence-electron chi connectivity index (χ1n) is 7.61. The summed E-state index contributed by atoms with van der Waals surface area (Å²) in [6.45, 7) is -0.256. The highest BCUT2D eigenvalue weighted by atomic mass is 32.2. The predicted octanol–water partition coefficient (Wildman–Crippen LogP) is 2.95. The van der Waals surface area contributed by atoms with Gasteiger partial charge in [0.2, 0.25) is 0 Å². The molecule has 0 heterocycles. The van der Waals surface area contributed by atoms with E-state index in [1.54, 1.807) is 0 Å². The van der Waals surface area contributed by atoms with Gasteiger partial charge in [-0.2, -0.15) is 8.42 Å². The first-order valence-corrected chi connectivity index (χ1v) is 9.22. The second kappa shape index (κ2) is 9.34. The molecule has 20 heavy (non-hydrogen) atoms. The second-order valence-corrected chi connectivity index (χ2v) is 7.13. The van der Waals surface area contributed by atoms with E-state index in [2.05, 4.69) is 0 Å². The Morgan fingerprint density at radius 2 is 1.40 bits per heavy atom. The Morgan fingerprint density at radius 1 is 0.950 bits per heavy atom. The Kier molecular flexibility index (Phi) is 8.14. The minimum atomic E-state index is -4.06. The van der Waals surface area contributed by atoms with Gasteiger partial charge in [-0.15, -0.1) is 0 Å². The summed E-state index contributed by atoms with van der Waals surface area (Å²) in [7, 11) is -4.06. The lowest BCUT2D eigenvalue weighted by molar-refractivity contribution is -0.148. The molecular weight excluding hydrogens is 280 g/mol. The maximum Gasteiger partial charge on any atom is 0.308 e. The molecule has 0 aromatic rings. The average Bonchev–Trinajstić information content (AvgIpc) is 2.42. The van der Waals surface area contributed by atoms with E-state index in [1.165, 1.54) is 25.7 Å². The van der Waals surface area contributed by atoms with E-state index in [0.717, 1.165) is 38.5 Å². The molecule has 1 aliphatic carbocycles. The largest absolute Gasteiger partial charge is 0.464 e. The van der Waals surface area contributed by atoms with Gasteiger partial charge in [-0.1, -0.05) is 51.4 Å². The van der Waals surface area contributed by atoms with Crippen LogP contribution in [-0.2, 0) is 19.6 Å². The predicted molar refractivity (Wildman–Crippen MR) is 77.0 cm³/mol. The summed E-state index contributed by atoms with van der Waals surface area (Å²) in [4.78, 5) is 11.9. The Labute approximate surface area is 121 Å². The molecule has 5 nitrogen and oxygen atoms in total. The molecule has 118 valence electrons. The standard InChI is InChI=1S/C14H26O5S/c15-14(19-11-12-20(16,17)18)13-9-7-5-3-1-2-4-6-8-10-13/h13H,1-12H2,(H,16,17,18). The zero-order valence-corrected chi connectivity index (χ0v) is 12.9. The lowest BCUT2D eigenvalue weighted by Crippen LogP contribution is -2.21. The fourth-order valence-electron chi connectivity index (χ4n) is 2.59. The number of esters is 1. The summed E-state index contributed by atoms with van der Waals surface area (Å²) < 4.78 is 34.7. The third-order valence-corrected chi connectivity index (χ3v) is 4.46. The lowest BCUT2D eigenvalue weighted by Gasteiger charge is -2.15. The Hall–Kier alpha value is -0.620. The van der Waals surface area contributed by atoms with Crippen LogP contribution in [0.1, 0.15) is 64.2 Å². The third-order valence-electron chi connectivity index (χ3n) is 3.77. The number of carbonyl (C=O) groups excluding carboxylic acids is 1. The van der Waals surface area contributed by atoms with Crippen molar-refractivity contribution >= 4 is 16.1 Å². The van der Waals surface area contributed by atoms with E-state index >= 15 is 0 Å². The molecule has 0 aromatic carbocycles. The van der Waals surface area contributed by atoms with Gasteiger partial charge in [0.25, 0.3) is 10.1 Å². The quantitative estimate of drug-likeness (QED) is 0.638. The fourth-order valence-corrected chi connectivity index (χ4v) is 2.88. The third kappa shape index (κ3) is 8.53. The maximum atomic E-state index is 11.9. The normalized spacial score (nSPS) is 20.1. The molecule has 0 saturated heterocycles. The van der Waals surface area contributed by atoms with E-state index in [-0.39, 0.29) is 18.5 Å². The second-order valence-electron chi connectivity index (χ2n) is 5.56. The van der Waals surface area contributed by atoms with Crippen LogP contribution >= 0.6 is 0 Å². The molecule has 0 aromatic heterocycles.